The standard InChI is InChI=1S/C14H19N5O2S/c1-22(20,21)19-4-2-3-11(10-19)5-13-8-16-14(9-15-13)12-6-17-18-7-12/h6-9,11H,2-5,10H2,1H3,(H,17,18)/t11-/m1/s1. The summed E-state index contributed by atoms with van der Waals surface area (Å²) in [7, 11) is -3.10. The molecule has 0 amide bonds. The number of sulfonamides is 1. The first kappa shape index (κ1) is 15.1. The average molecular weight is 321 g/mol. The third-order valence-corrected chi connectivity index (χ3v) is 5.22. The molecule has 1 N–H and O–H groups in total. The van der Waals surface area contributed by atoms with Crippen molar-refractivity contribution in [2.45, 2.75) is 19.3 Å². The molecule has 0 radical (unpaired) electrons. The summed E-state index contributed by atoms with van der Waals surface area (Å²) in [5, 5.41) is 6.64. The summed E-state index contributed by atoms with van der Waals surface area (Å²) < 4.78 is 24.9. The summed E-state index contributed by atoms with van der Waals surface area (Å²) in [5.41, 5.74) is 2.58. The van der Waals surface area contributed by atoms with E-state index in [1.165, 1.54) is 6.26 Å². The molecular weight excluding hydrogens is 302 g/mol. The van der Waals surface area contributed by atoms with Crippen molar-refractivity contribution in [1.29, 1.82) is 0 Å². The van der Waals surface area contributed by atoms with Gasteiger partial charge in [-0.1, -0.05) is 0 Å². The summed E-state index contributed by atoms with van der Waals surface area (Å²) in [5.74, 6) is 0.303. The van der Waals surface area contributed by atoms with Gasteiger partial charge in [-0.2, -0.15) is 5.10 Å². The van der Waals surface area contributed by atoms with Gasteiger partial charge < -0.3 is 0 Å². The summed E-state index contributed by atoms with van der Waals surface area (Å²) in [4.78, 5) is 8.84. The first-order valence-corrected chi connectivity index (χ1v) is 9.12. The molecule has 22 heavy (non-hydrogen) atoms. The van der Waals surface area contributed by atoms with Gasteiger partial charge in [0.15, 0.2) is 0 Å². The molecule has 0 saturated carbocycles. The van der Waals surface area contributed by atoms with Crippen LogP contribution >= 0.6 is 0 Å². The molecule has 118 valence electrons. The van der Waals surface area contributed by atoms with Gasteiger partial charge in [-0.15, -0.1) is 0 Å². The molecule has 0 aromatic carbocycles. The lowest BCUT2D eigenvalue weighted by Crippen LogP contribution is -2.39. The maximum atomic E-state index is 11.6. The Morgan fingerprint density at radius 3 is 2.82 bits per heavy atom. The minimum atomic E-state index is -3.10. The average Bonchev–Trinajstić information content (AvgIpc) is 3.02. The Labute approximate surface area is 129 Å². The Morgan fingerprint density at radius 2 is 2.18 bits per heavy atom. The Bertz CT molecular complexity index is 712. The number of nitrogens with zero attached hydrogens (tertiary/aromatic N) is 4. The molecule has 0 spiro atoms. The zero-order valence-corrected chi connectivity index (χ0v) is 13.3. The van der Waals surface area contributed by atoms with Gasteiger partial charge in [0.2, 0.25) is 10.0 Å². The van der Waals surface area contributed by atoms with E-state index in [2.05, 4.69) is 20.2 Å². The van der Waals surface area contributed by atoms with E-state index in [9.17, 15) is 8.42 Å². The number of H-pyrrole nitrogens is 1. The van der Waals surface area contributed by atoms with E-state index < -0.39 is 10.0 Å². The fraction of sp³-hybridized carbons (Fsp3) is 0.500. The lowest BCUT2D eigenvalue weighted by atomic mass is 9.95. The topological polar surface area (TPSA) is 91.8 Å². The van der Waals surface area contributed by atoms with Crippen LogP contribution < -0.4 is 0 Å². The largest absolute Gasteiger partial charge is 0.285 e. The summed E-state index contributed by atoms with van der Waals surface area (Å²) in [6, 6.07) is 0. The monoisotopic (exact) mass is 321 g/mol. The van der Waals surface area contributed by atoms with E-state index >= 15 is 0 Å². The van der Waals surface area contributed by atoms with Gasteiger partial charge in [-0.25, -0.2) is 12.7 Å². The number of nitrogens with one attached hydrogen (secondary N) is 1. The van der Waals surface area contributed by atoms with Gasteiger partial charge >= 0.3 is 0 Å². The van der Waals surface area contributed by atoms with Crippen LogP contribution in [-0.2, 0) is 16.4 Å². The summed E-state index contributed by atoms with van der Waals surface area (Å²) in [6.45, 7) is 1.20. The molecule has 0 bridgehead atoms. The van der Waals surface area contributed by atoms with Crippen molar-refractivity contribution in [2.75, 3.05) is 19.3 Å². The second-order valence-corrected chi connectivity index (χ2v) is 7.70. The smallest absolute Gasteiger partial charge is 0.211 e. The van der Waals surface area contributed by atoms with Crippen LogP contribution in [0.2, 0.25) is 0 Å². The minimum Gasteiger partial charge on any atom is -0.285 e. The predicted molar refractivity (Wildman–Crippen MR) is 82.5 cm³/mol. The zero-order valence-electron chi connectivity index (χ0n) is 12.4. The van der Waals surface area contributed by atoms with Gasteiger partial charge in [-0.05, 0) is 25.2 Å². The van der Waals surface area contributed by atoms with E-state index in [0.29, 0.717) is 19.0 Å². The highest BCUT2D eigenvalue weighted by Crippen LogP contribution is 2.22. The molecule has 1 atom stereocenters. The molecule has 3 rings (SSSR count). The maximum Gasteiger partial charge on any atom is 0.211 e. The van der Waals surface area contributed by atoms with E-state index in [-0.39, 0.29) is 0 Å². The number of aromatic amines is 1. The molecule has 1 saturated heterocycles. The molecule has 0 aliphatic carbocycles. The van der Waals surface area contributed by atoms with E-state index in [4.69, 9.17) is 0 Å². The molecule has 2 aromatic rings. The Kier molecular flexibility index (Phi) is 4.21. The third-order valence-electron chi connectivity index (χ3n) is 3.95. The Morgan fingerprint density at radius 1 is 1.32 bits per heavy atom. The number of rotatable bonds is 4. The molecule has 1 aliphatic heterocycles. The van der Waals surface area contributed by atoms with E-state index in [1.807, 2.05) is 0 Å². The second-order valence-electron chi connectivity index (χ2n) is 5.71. The van der Waals surface area contributed by atoms with Gasteiger partial charge in [0.25, 0.3) is 0 Å². The number of hydrogen-bond acceptors (Lipinski definition) is 5. The number of piperidine rings is 1. The van der Waals surface area contributed by atoms with Crippen LogP contribution in [0.25, 0.3) is 11.3 Å². The SMILES string of the molecule is CS(=O)(=O)N1CCC[C@H](Cc2cnc(-c3cn[nH]c3)cn2)C1. The van der Waals surface area contributed by atoms with Crippen LogP contribution in [0, 0.1) is 5.92 Å². The number of aromatic nitrogens is 4. The first-order chi connectivity index (χ1) is 10.5. The molecule has 7 nitrogen and oxygen atoms in total. The van der Waals surface area contributed by atoms with Crippen molar-refractivity contribution in [2.24, 2.45) is 5.92 Å². The van der Waals surface area contributed by atoms with Gasteiger partial charge in [-0.3, -0.25) is 15.1 Å². The third kappa shape index (κ3) is 3.50. The van der Waals surface area contributed by atoms with Crippen molar-refractivity contribution in [3.05, 3.63) is 30.5 Å². The van der Waals surface area contributed by atoms with Crippen LogP contribution in [0.3, 0.4) is 0 Å². The quantitative estimate of drug-likeness (QED) is 0.910. The van der Waals surface area contributed by atoms with Crippen LogP contribution in [0.4, 0.5) is 0 Å². The molecule has 0 unspecified atom stereocenters. The zero-order chi connectivity index (χ0) is 15.6. The highest BCUT2D eigenvalue weighted by Gasteiger charge is 2.26. The molecule has 2 aromatic heterocycles. The normalized spacial score (nSPS) is 20.1. The maximum absolute atomic E-state index is 11.6. The molecule has 1 aliphatic rings. The van der Waals surface area contributed by atoms with Gasteiger partial charge in [0, 0.05) is 31.0 Å². The van der Waals surface area contributed by atoms with Crippen molar-refractivity contribution >= 4 is 10.0 Å². The molecule has 3 heterocycles. The van der Waals surface area contributed by atoms with Crippen molar-refractivity contribution in [3.63, 3.8) is 0 Å². The molecular formula is C14H19N5O2S. The van der Waals surface area contributed by atoms with Crippen molar-refractivity contribution < 1.29 is 8.42 Å². The van der Waals surface area contributed by atoms with Gasteiger partial charge in [0.05, 0.1) is 30.0 Å². The Balaban J connectivity index is 1.66. The summed E-state index contributed by atoms with van der Waals surface area (Å²) >= 11 is 0. The van der Waals surface area contributed by atoms with Crippen LogP contribution in [0.15, 0.2) is 24.8 Å². The molecule has 8 heteroatoms. The fourth-order valence-corrected chi connectivity index (χ4v) is 3.73. The van der Waals surface area contributed by atoms with Gasteiger partial charge in [0.1, 0.15) is 0 Å². The highest BCUT2D eigenvalue weighted by atomic mass is 32.2. The fourth-order valence-electron chi connectivity index (χ4n) is 2.79. The highest BCUT2D eigenvalue weighted by molar-refractivity contribution is 7.88. The van der Waals surface area contributed by atoms with Crippen LogP contribution in [0.5, 0.6) is 0 Å². The minimum absolute atomic E-state index is 0.303. The lowest BCUT2D eigenvalue weighted by molar-refractivity contribution is 0.265. The van der Waals surface area contributed by atoms with Crippen molar-refractivity contribution in [1.82, 2.24) is 24.5 Å². The van der Waals surface area contributed by atoms with Crippen molar-refractivity contribution in [3.8, 4) is 11.3 Å². The second kappa shape index (κ2) is 6.13. The van der Waals surface area contributed by atoms with E-state index in [0.717, 1.165) is 36.2 Å². The van der Waals surface area contributed by atoms with E-state index in [1.54, 1.807) is 29.1 Å². The van der Waals surface area contributed by atoms with Crippen LogP contribution in [0.1, 0.15) is 18.5 Å². The molecule has 1 fully saturated rings. The number of hydrogen-bond donors (Lipinski definition) is 1. The first-order valence-electron chi connectivity index (χ1n) is 7.27. The lowest BCUT2D eigenvalue weighted by Gasteiger charge is -2.30. The van der Waals surface area contributed by atoms with Crippen LogP contribution in [-0.4, -0.2) is 52.2 Å². The predicted octanol–water partition coefficient (Wildman–Crippen LogP) is 1.08. The summed E-state index contributed by atoms with van der Waals surface area (Å²) in [6.07, 6.45) is 10.9. The Hall–Kier alpha value is -1.80.